The average Bonchev–Trinajstić information content (AvgIpc) is 2.17. The fraction of sp³-hybridized carbons (Fsp3) is 1.00. The maximum absolute atomic E-state index is 9.03. The topological polar surface area (TPSA) is 40.5 Å². The fourth-order valence-electron chi connectivity index (χ4n) is 1.57. The Labute approximate surface area is 82.0 Å². The lowest BCUT2D eigenvalue weighted by atomic mass is 9.97. The van der Waals surface area contributed by atoms with Crippen LogP contribution in [0.3, 0.4) is 0 Å². The van der Waals surface area contributed by atoms with Gasteiger partial charge in [0.05, 0.1) is 0 Å². The first-order valence-electron chi connectivity index (χ1n) is 5.56. The lowest BCUT2D eigenvalue weighted by Crippen LogP contribution is -2.06. The predicted molar refractivity (Wildman–Crippen MR) is 55.7 cm³/mol. The molecule has 0 bridgehead atoms. The molecule has 0 saturated carbocycles. The molecule has 0 aromatic heterocycles. The molecular weight excluding hydrogens is 164 g/mol. The Morgan fingerprint density at radius 2 is 1.62 bits per heavy atom. The third-order valence-electron chi connectivity index (χ3n) is 2.49. The Balaban J connectivity index is 3.25. The van der Waals surface area contributed by atoms with Gasteiger partial charge in [-0.3, -0.25) is 0 Å². The largest absolute Gasteiger partial charge is 0.396 e. The summed E-state index contributed by atoms with van der Waals surface area (Å²) in [4.78, 5) is 0. The van der Waals surface area contributed by atoms with Gasteiger partial charge in [-0.15, -0.1) is 0 Å². The minimum atomic E-state index is 0.255. The molecule has 0 fully saturated rings. The first-order valence-corrected chi connectivity index (χ1v) is 5.56. The summed E-state index contributed by atoms with van der Waals surface area (Å²) in [5.74, 6) is 0.420. The lowest BCUT2D eigenvalue weighted by Gasteiger charge is -2.12. The molecule has 2 nitrogen and oxygen atoms in total. The van der Waals surface area contributed by atoms with E-state index in [0.29, 0.717) is 5.92 Å². The summed E-state index contributed by atoms with van der Waals surface area (Å²) in [5.41, 5.74) is 0. The maximum atomic E-state index is 9.03. The van der Waals surface area contributed by atoms with E-state index < -0.39 is 0 Å². The summed E-state index contributed by atoms with van der Waals surface area (Å²) in [7, 11) is 0. The molecule has 2 heteroatoms. The molecule has 0 rings (SSSR count). The van der Waals surface area contributed by atoms with Crippen LogP contribution in [0.4, 0.5) is 0 Å². The molecule has 80 valence electrons. The molecular formula is C11H24O2. The Bertz CT molecular complexity index is 94.1. The number of rotatable bonds is 9. The Kier molecular flexibility index (Phi) is 9.94. The van der Waals surface area contributed by atoms with Gasteiger partial charge in [-0.05, 0) is 25.2 Å². The first-order chi connectivity index (χ1) is 6.35. The molecule has 0 heterocycles. The van der Waals surface area contributed by atoms with Gasteiger partial charge in [0.15, 0.2) is 0 Å². The van der Waals surface area contributed by atoms with Crippen molar-refractivity contribution >= 4 is 0 Å². The molecule has 0 aliphatic carbocycles. The summed E-state index contributed by atoms with van der Waals surface area (Å²) < 4.78 is 0. The van der Waals surface area contributed by atoms with Gasteiger partial charge in [-0.25, -0.2) is 0 Å². The quantitative estimate of drug-likeness (QED) is 0.545. The Morgan fingerprint density at radius 1 is 0.923 bits per heavy atom. The van der Waals surface area contributed by atoms with Crippen molar-refractivity contribution < 1.29 is 10.2 Å². The van der Waals surface area contributed by atoms with Crippen molar-refractivity contribution in [3.63, 3.8) is 0 Å². The number of unbranched alkanes of at least 4 members (excludes halogenated alkanes) is 3. The van der Waals surface area contributed by atoms with Crippen LogP contribution in [0.2, 0.25) is 0 Å². The van der Waals surface area contributed by atoms with Crippen LogP contribution in [-0.2, 0) is 0 Å². The van der Waals surface area contributed by atoms with Crippen LogP contribution in [0, 0.1) is 5.92 Å². The van der Waals surface area contributed by atoms with Crippen molar-refractivity contribution in [2.24, 2.45) is 5.92 Å². The molecule has 13 heavy (non-hydrogen) atoms. The molecule has 0 spiro atoms. The molecule has 0 aliphatic heterocycles. The standard InChI is InChI=1S/C11H24O2/c1-2-3-4-5-7-11(10-13)8-6-9-12/h11-13H,2-10H2,1H3. The van der Waals surface area contributed by atoms with Crippen molar-refractivity contribution in [1.82, 2.24) is 0 Å². The monoisotopic (exact) mass is 188 g/mol. The summed E-state index contributed by atoms with van der Waals surface area (Å²) >= 11 is 0. The van der Waals surface area contributed by atoms with E-state index in [1.54, 1.807) is 0 Å². The highest BCUT2D eigenvalue weighted by atomic mass is 16.3. The van der Waals surface area contributed by atoms with Gasteiger partial charge in [0, 0.05) is 13.2 Å². The zero-order chi connectivity index (χ0) is 9.94. The minimum Gasteiger partial charge on any atom is -0.396 e. The molecule has 0 aromatic carbocycles. The number of aliphatic hydroxyl groups excluding tert-OH is 2. The van der Waals surface area contributed by atoms with Crippen molar-refractivity contribution in [1.29, 1.82) is 0 Å². The van der Waals surface area contributed by atoms with Gasteiger partial charge in [0.25, 0.3) is 0 Å². The summed E-state index contributed by atoms with van der Waals surface area (Å²) in [5, 5.41) is 17.7. The summed E-state index contributed by atoms with van der Waals surface area (Å²) in [6.07, 6.45) is 8.00. The second-order valence-electron chi connectivity index (χ2n) is 3.76. The van der Waals surface area contributed by atoms with Crippen LogP contribution in [0.1, 0.15) is 51.9 Å². The zero-order valence-corrected chi connectivity index (χ0v) is 8.84. The first kappa shape index (κ1) is 12.9. The molecule has 0 radical (unpaired) electrons. The van der Waals surface area contributed by atoms with Crippen LogP contribution in [0.25, 0.3) is 0 Å². The number of hydrogen-bond donors (Lipinski definition) is 2. The highest BCUT2D eigenvalue weighted by molar-refractivity contribution is 4.58. The number of hydrogen-bond acceptors (Lipinski definition) is 2. The van der Waals surface area contributed by atoms with Gasteiger partial charge in [0.2, 0.25) is 0 Å². The normalized spacial score (nSPS) is 13.2. The lowest BCUT2D eigenvalue weighted by molar-refractivity contribution is 0.192. The third-order valence-corrected chi connectivity index (χ3v) is 2.49. The van der Waals surface area contributed by atoms with E-state index in [4.69, 9.17) is 10.2 Å². The van der Waals surface area contributed by atoms with Gasteiger partial charge >= 0.3 is 0 Å². The zero-order valence-electron chi connectivity index (χ0n) is 8.84. The molecule has 2 N–H and O–H groups in total. The van der Waals surface area contributed by atoms with E-state index in [0.717, 1.165) is 19.3 Å². The van der Waals surface area contributed by atoms with E-state index >= 15 is 0 Å². The highest BCUT2D eigenvalue weighted by Crippen LogP contribution is 2.15. The highest BCUT2D eigenvalue weighted by Gasteiger charge is 2.05. The van der Waals surface area contributed by atoms with E-state index in [2.05, 4.69) is 6.92 Å². The Morgan fingerprint density at radius 3 is 2.15 bits per heavy atom. The maximum Gasteiger partial charge on any atom is 0.0459 e. The smallest absolute Gasteiger partial charge is 0.0459 e. The van der Waals surface area contributed by atoms with E-state index in [-0.39, 0.29) is 13.2 Å². The van der Waals surface area contributed by atoms with Crippen molar-refractivity contribution in [3.05, 3.63) is 0 Å². The van der Waals surface area contributed by atoms with Gasteiger partial charge in [-0.1, -0.05) is 32.6 Å². The summed E-state index contributed by atoms with van der Waals surface area (Å²) in [6.45, 7) is 2.74. The SMILES string of the molecule is CCCCCCC(CO)CCCO. The van der Waals surface area contributed by atoms with Crippen molar-refractivity contribution in [3.8, 4) is 0 Å². The fourth-order valence-corrected chi connectivity index (χ4v) is 1.57. The second kappa shape index (κ2) is 10.0. The Hall–Kier alpha value is -0.0800. The molecule has 0 aromatic rings. The predicted octanol–water partition coefficient (Wildman–Crippen LogP) is 2.34. The van der Waals surface area contributed by atoms with Gasteiger partial charge in [-0.2, -0.15) is 0 Å². The van der Waals surface area contributed by atoms with Crippen molar-refractivity contribution in [2.45, 2.75) is 51.9 Å². The molecule has 1 atom stereocenters. The van der Waals surface area contributed by atoms with Gasteiger partial charge in [0.1, 0.15) is 0 Å². The van der Waals surface area contributed by atoms with E-state index in [1.165, 1.54) is 25.7 Å². The second-order valence-corrected chi connectivity index (χ2v) is 3.76. The minimum absolute atomic E-state index is 0.255. The van der Waals surface area contributed by atoms with Crippen LogP contribution in [0.15, 0.2) is 0 Å². The average molecular weight is 188 g/mol. The van der Waals surface area contributed by atoms with Crippen LogP contribution >= 0.6 is 0 Å². The molecule has 0 amide bonds. The molecule has 0 aliphatic rings. The summed E-state index contributed by atoms with van der Waals surface area (Å²) in [6, 6.07) is 0. The van der Waals surface area contributed by atoms with Crippen LogP contribution in [0.5, 0.6) is 0 Å². The van der Waals surface area contributed by atoms with Crippen molar-refractivity contribution in [2.75, 3.05) is 13.2 Å². The van der Waals surface area contributed by atoms with Crippen LogP contribution in [-0.4, -0.2) is 23.4 Å². The molecule has 0 saturated heterocycles. The molecule has 1 unspecified atom stereocenters. The third kappa shape index (κ3) is 8.26. The van der Waals surface area contributed by atoms with E-state index in [9.17, 15) is 0 Å². The van der Waals surface area contributed by atoms with E-state index in [1.807, 2.05) is 0 Å². The van der Waals surface area contributed by atoms with Gasteiger partial charge < -0.3 is 10.2 Å². The number of aliphatic hydroxyl groups is 2. The van der Waals surface area contributed by atoms with Crippen LogP contribution < -0.4 is 0 Å².